The zero-order chi connectivity index (χ0) is 20.7. The van der Waals surface area contributed by atoms with E-state index in [9.17, 15) is 0 Å². The topological polar surface area (TPSA) is 86.8 Å². The highest BCUT2D eigenvalue weighted by atomic mass is 16.5. The third kappa shape index (κ3) is 3.21. The molecule has 5 rings (SSSR count). The van der Waals surface area contributed by atoms with E-state index < -0.39 is 0 Å². The first-order valence-electron chi connectivity index (χ1n) is 10.2. The Morgan fingerprint density at radius 3 is 2.47 bits per heavy atom. The van der Waals surface area contributed by atoms with Crippen molar-refractivity contribution in [3.63, 3.8) is 0 Å². The molecule has 1 aliphatic heterocycles. The third-order valence-electron chi connectivity index (χ3n) is 5.34. The van der Waals surface area contributed by atoms with Crippen molar-refractivity contribution in [3.05, 3.63) is 42.5 Å². The van der Waals surface area contributed by atoms with Crippen LogP contribution in [0.15, 0.2) is 36.8 Å². The quantitative estimate of drug-likeness (QED) is 0.517. The number of morpholine rings is 1. The molecule has 154 valence electrons. The fourth-order valence-corrected chi connectivity index (χ4v) is 3.65. The summed E-state index contributed by atoms with van der Waals surface area (Å²) in [5.74, 6) is 2.52. The molecule has 0 amide bonds. The zero-order valence-electron chi connectivity index (χ0n) is 17.4. The number of fused-ring (bicyclic) bond motifs is 1. The van der Waals surface area contributed by atoms with Gasteiger partial charge in [0.05, 0.1) is 18.9 Å². The number of hydrogen-bond donors (Lipinski definition) is 0. The Kier molecular flexibility index (Phi) is 4.66. The molecule has 30 heavy (non-hydrogen) atoms. The van der Waals surface area contributed by atoms with Crippen molar-refractivity contribution < 1.29 is 4.74 Å². The molecule has 9 nitrogen and oxygen atoms in total. The largest absolute Gasteiger partial charge is 0.378 e. The number of aromatic nitrogens is 7. The van der Waals surface area contributed by atoms with Gasteiger partial charge in [-0.3, -0.25) is 4.98 Å². The number of nitrogens with zero attached hydrogens (tertiary/aromatic N) is 8. The average Bonchev–Trinajstić information content (AvgIpc) is 3.40. The summed E-state index contributed by atoms with van der Waals surface area (Å²) in [5, 5.41) is 4.68. The second-order valence-corrected chi connectivity index (χ2v) is 7.69. The predicted molar refractivity (Wildman–Crippen MR) is 114 cm³/mol. The molecule has 0 N–H and O–H groups in total. The van der Waals surface area contributed by atoms with E-state index in [0.29, 0.717) is 25.1 Å². The molecular formula is C21H24N8O. The number of hydrogen-bond acceptors (Lipinski definition) is 7. The Morgan fingerprint density at radius 1 is 1.00 bits per heavy atom. The molecule has 0 radical (unpaired) electrons. The molecule has 4 aromatic heterocycles. The van der Waals surface area contributed by atoms with Gasteiger partial charge in [-0.05, 0) is 24.1 Å². The van der Waals surface area contributed by atoms with Crippen molar-refractivity contribution >= 4 is 17.0 Å². The van der Waals surface area contributed by atoms with Gasteiger partial charge in [0.2, 0.25) is 0 Å². The van der Waals surface area contributed by atoms with Crippen LogP contribution in [0.3, 0.4) is 0 Å². The molecule has 4 aromatic rings. The summed E-state index contributed by atoms with van der Waals surface area (Å²) in [6, 6.07) is 5.91. The van der Waals surface area contributed by atoms with Crippen LogP contribution in [0.25, 0.3) is 28.5 Å². The highest BCUT2D eigenvalue weighted by Gasteiger charge is 2.23. The molecule has 0 aromatic carbocycles. The number of ether oxygens (including phenoxy) is 1. The monoisotopic (exact) mass is 404 g/mol. The number of anilines is 1. The Hall–Kier alpha value is -3.33. The van der Waals surface area contributed by atoms with Gasteiger partial charge in [0.25, 0.3) is 5.95 Å². The number of imidazole rings is 1. The molecule has 1 saturated heterocycles. The van der Waals surface area contributed by atoms with Crippen LogP contribution in [-0.4, -0.2) is 60.6 Å². The summed E-state index contributed by atoms with van der Waals surface area (Å²) in [6.07, 6.45) is 5.46. The van der Waals surface area contributed by atoms with Crippen molar-refractivity contribution in [2.24, 2.45) is 7.05 Å². The van der Waals surface area contributed by atoms with Gasteiger partial charge >= 0.3 is 0 Å². The second kappa shape index (κ2) is 7.49. The Bertz CT molecular complexity index is 1170. The summed E-state index contributed by atoms with van der Waals surface area (Å²) in [5.41, 5.74) is 3.55. The van der Waals surface area contributed by atoms with Gasteiger partial charge in [0, 0.05) is 44.3 Å². The summed E-state index contributed by atoms with van der Waals surface area (Å²) < 4.78 is 9.30. The molecule has 1 fully saturated rings. The third-order valence-corrected chi connectivity index (χ3v) is 5.34. The van der Waals surface area contributed by atoms with Crippen LogP contribution in [0.2, 0.25) is 0 Å². The van der Waals surface area contributed by atoms with Crippen LogP contribution in [0.1, 0.15) is 25.5 Å². The second-order valence-electron chi connectivity index (χ2n) is 7.69. The highest BCUT2D eigenvalue weighted by molar-refractivity contribution is 5.87. The van der Waals surface area contributed by atoms with Crippen LogP contribution in [0.4, 0.5) is 5.82 Å². The summed E-state index contributed by atoms with van der Waals surface area (Å²) in [4.78, 5) is 21.0. The summed E-state index contributed by atoms with van der Waals surface area (Å²) in [6.45, 7) is 7.12. The van der Waals surface area contributed by atoms with Crippen LogP contribution in [0.5, 0.6) is 0 Å². The maximum absolute atomic E-state index is 5.54. The van der Waals surface area contributed by atoms with Gasteiger partial charge in [0.1, 0.15) is 5.82 Å². The van der Waals surface area contributed by atoms with Gasteiger partial charge in [0.15, 0.2) is 17.0 Å². The average molecular weight is 404 g/mol. The van der Waals surface area contributed by atoms with Crippen molar-refractivity contribution in [3.8, 4) is 17.3 Å². The fraction of sp³-hybridized carbons (Fsp3) is 0.381. The molecule has 0 bridgehead atoms. The summed E-state index contributed by atoms with van der Waals surface area (Å²) >= 11 is 0. The van der Waals surface area contributed by atoms with Gasteiger partial charge < -0.3 is 14.2 Å². The normalized spacial score (nSPS) is 14.7. The Balaban J connectivity index is 1.71. The number of rotatable bonds is 4. The Morgan fingerprint density at radius 2 is 1.77 bits per heavy atom. The van der Waals surface area contributed by atoms with Crippen LogP contribution in [0, 0.1) is 0 Å². The lowest BCUT2D eigenvalue weighted by molar-refractivity contribution is 0.122. The smallest absolute Gasteiger partial charge is 0.254 e. The van der Waals surface area contributed by atoms with Gasteiger partial charge in [-0.25, -0.2) is 9.67 Å². The van der Waals surface area contributed by atoms with Gasteiger partial charge in [-0.2, -0.15) is 15.1 Å². The minimum atomic E-state index is 0.337. The molecule has 0 aliphatic carbocycles. The zero-order valence-corrected chi connectivity index (χ0v) is 17.4. The van der Waals surface area contributed by atoms with E-state index in [0.717, 1.165) is 47.2 Å². The summed E-state index contributed by atoms with van der Waals surface area (Å²) in [7, 11) is 1.98. The van der Waals surface area contributed by atoms with Gasteiger partial charge in [-0.1, -0.05) is 13.8 Å². The predicted octanol–water partition coefficient (Wildman–Crippen LogP) is 2.57. The Labute approximate surface area is 174 Å². The van der Waals surface area contributed by atoms with Crippen LogP contribution in [-0.2, 0) is 11.8 Å². The lowest BCUT2D eigenvalue weighted by atomic mass is 10.1. The first kappa shape index (κ1) is 18.7. The molecule has 0 saturated carbocycles. The van der Waals surface area contributed by atoms with E-state index in [1.54, 1.807) is 17.1 Å². The van der Waals surface area contributed by atoms with E-state index >= 15 is 0 Å². The van der Waals surface area contributed by atoms with Crippen LogP contribution < -0.4 is 4.90 Å². The van der Waals surface area contributed by atoms with E-state index in [4.69, 9.17) is 19.7 Å². The van der Waals surface area contributed by atoms with E-state index in [2.05, 4.69) is 28.8 Å². The first-order chi connectivity index (χ1) is 14.6. The fourth-order valence-electron chi connectivity index (χ4n) is 3.65. The number of pyridine rings is 1. The molecule has 0 spiro atoms. The van der Waals surface area contributed by atoms with E-state index in [1.807, 2.05) is 36.0 Å². The lowest BCUT2D eigenvalue weighted by Crippen LogP contribution is -2.37. The number of aryl methyl sites for hydroxylation is 1. The highest BCUT2D eigenvalue weighted by Crippen LogP contribution is 2.29. The molecule has 9 heteroatoms. The van der Waals surface area contributed by atoms with Crippen molar-refractivity contribution in [1.82, 2.24) is 34.3 Å². The first-order valence-corrected chi connectivity index (χ1v) is 10.2. The molecule has 0 unspecified atom stereocenters. The minimum Gasteiger partial charge on any atom is -0.378 e. The van der Waals surface area contributed by atoms with Crippen molar-refractivity contribution in [2.45, 2.75) is 19.8 Å². The maximum Gasteiger partial charge on any atom is 0.254 e. The maximum atomic E-state index is 5.54. The molecule has 5 heterocycles. The van der Waals surface area contributed by atoms with Crippen molar-refractivity contribution in [2.75, 3.05) is 31.2 Å². The standard InChI is InChI=1S/C21H24N8O/c1-14(2)16-6-9-29(26-16)21-24-19-17(20(25-21)28-10-12-30-13-11-28)23-18(27(19)3)15-4-7-22-8-5-15/h4-9,14H,10-13H2,1-3H3. The van der Waals surface area contributed by atoms with Crippen LogP contribution >= 0.6 is 0 Å². The van der Waals surface area contributed by atoms with Crippen molar-refractivity contribution in [1.29, 1.82) is 0 Å². The van der Waals surface area contributed by atoms with E-state index in [-0.39, 0.29) is 0 Å². The molecule has 0 atom stereocenters. The lowest BCUT2D eigenvalue weighted by Gasteiger charge is -2.28. The minimum absolute atomic E-state index is 0.337. The SMILES string of the molecule is CC(C)c1ccn(-c2nc(N3CCOCC3)c3nc(-c4ccncc4)n(C)c3n2)n1. The molecule has 1 aliphatic rings. The van der Waals surface area contributed by atoms with E-state index in [1.165, 1.54) is 0 Å². The molecular weight excluding hydrogens is 380 g/mol. The van der Waals surface area contributed by atoms with Gasteiger partial charge in [-0.15, -0.1) is 0 Å².